The van der Waals surface area contributed by atoms with Crippen LogP contribution >= 0.6 is 0 Å². The van der Waals surface area contributed by atoms with E-state index in [2.05, 4.69) is 10.3 Å². The summed E-state index contributed by atoms with van der Waals surface area (Å²) in [6.07, 6.45) is 4.42. The van der Waals surface area contributed by atoms with Crippen molar-refractivity contribution in [3.8, 4) is 11.5 Å². The van der Waals surface area contributed by atoms with Gasteiger partial charge in [-0.2, -0.15) is 0 Å². The number of aromatic nitrogens is 2. The lowest BCUT2D eigenvalue weighted by atomic mass is 10.1. The van der Waals surface area contributed by atoms with Gasteiger partial charge in [0.1, 0.15) is 17.1 Å². The van der Waals surface area contributed by atoms with Crippen molar-refractivity contribution in [2.75, 3.05) is 6.54 Å². The van der Waals surface area contributed by atoms with E-state index in [1.807, 2.05) is 47.0 Å². The van der Waals surface area contributed by atoms with Crippen LogP contribution in [-0.4, -0.2) is 15.9 Å². The number of halogens is 1. The summed E-state index contributed by atoms with van der Waals surface area (Å²) in [6, 6.07) is 19.5. The monoisotopic (exact) mass is 413 g/mol. The molecule has 0 saturated carbocycles. The Hall–Kier alpha value is -3.77. The van der Waals surface area contributed by atoms with Gasteiger partial charge in [-0.25, -0.2) is 9.37 Å². The van der Waals surface area contributed by atoms with E-state index in [-0.39, 0.29) is 11.2 Å². The summed E-state index contributed by atoms with van der Waals surface area (Å²) in [6.45, 7) is 1.38. The zero-order chi connectivity index (χ0) is 21.2. The van der Waals surface area contributed by atoms with Crippen LogP contribution in [0.1, 0.15) is 11.1 Å². The molecule has 0 saturated heterocycles. The third-order valence-corrected chi connectivity index (χ3v) is 5.29. The lowest BCUT2D eigenvalue weighted by Gasteiger charge is -2.07. The molecule has 1 N–H and O–H groups in total. The molecular formula is C25H20FN3O2. The van der Waals surface area contributed by atoms with E-state index in [0.29, 0.717) is 29.0 Å². The lowest BCUT2D eigenvalue weighted by Crippen LogP contribution is -2.16. The molecule has 0 bridgehead atoms. The van der Waals surface area contributed by atoms with Gasteiger partial charge < -0.3 is 14.1 Å². The van der Waals surface area contributed by atoms with Crippen molar-refractivity contribution in [1.82, 2.24) is 14.7 Å². The third kappa shape index (κ3) is 4.11. The van der Waals surface area contributed by atoms with Crippen LogP contribution < -0.4 is 10.7 Å². The number of hydrogen-bond acceptors (Lipinski definition) is 4. The molecular weight excluding hydrogens is 393 g/mol. The largest absolute Gasteiger partial charge is 0.454 e. The Morgan fingerprint density at radius 1 is 1.00 bits per heavy atom. The van der Waals surface area contributed by atoms with Gasteiger partial charge in [-0.05, 0) is 66.6 Å². The summed E-state index contributed by atoms with van der Waals surface area (Å²) in [5.41, 5.74) is 4.12. The zero-order valence-corrected chi connectivity index (χ0v) is 16.7. The molecule has 0 fully saturated rings. The minimum absolute atomic E-state index is 0.0959. The highest BCUT2D eigenvalue weighted by Crippen LogP contribution is 2.22. The average molecular weight is 413 g/mol. The molecule has 0 amide bonds. The number of rotatable bonds is 6. The molecule has 3 aromatic heterocycles. The van der Waals surface area contributed by atoms with Crippen molar-refractivity contribution < 1.29 is 8.81 Å². The molecule has 5 aromatic rings. The van der Waals surface area contributed by atoms with Crippen molar-refractivity contribution in [3.05, 3.63) is 106 Å². The highest BCUT2D eigenvalue weighted by Gasteiger charge is 2.10. The molecule has 154 valence electrons. The standard InChI is InChI=1S/C25H20FN3O2/c26-19-6-3-17(4-7-19)9-10-27-15-18-5-8-24-21(12-18)23(30)14-25(31-24)22-13-20-2-1-11-29(20)16-28-22/h1-8,11-14,16,27H,9-10,15H2. The predicted octanol–water partition coefficient (Wildman–Crippen LogP) is 4.58. The fourth-order valence-corrected chi connectivity index (χ4v) is 3.63. The second-order valence-corrected chi connectivity index (χ2v) is 7.47. The highest BCUT2D eigenvalue weighted by molar-refractivity contribution is 5.79. The Balaban J connectivity index is 1.31. The van der Waals surface area contributed by atoms with Crippen LogP contribution in [0.4, 0.5) is 4.39 Å². The van der Waals surface area contributed by atoms with Gasteiger partial charge in [-0.3, -0.25) is 4.79 Å². The van der Waals surface area contributed by atoms with E-state index in [1.165, 1.54) is 18.2 Å². The molecule has 2 aromatic carbocycles. The Bertz CT molecular complexity index is 1420. The van der Waals surface area contributed by atoms with E-state index in [4.69, 9.17) is 4.42 Å². The fraction of sp³-hybridized carbons (Fsp3) is 0.120. The summed E-state index contributed by atoms with van der Waals surface area (Å²) in [5.74, 6) is 0.224. The summed E-state index contributed by atoms with van der Waals surface area (Å²) >= 11 is 0. The number of nitrogens with one attached hydrogen (secondary N) is 1. The van der Waals surface area contributed by atoms with Crippen LogP contribution in [0, 0.1) is 5.82 Å². The molecule has 0 unspecified atom stereocenters. The second kappa shape index (κ2) is 8.16. The number of nitrogens with zero attached hydrogens (tertiary/aromatic N) is 2. The Morgan fingerprint density at radius 3 is 2.71 bits per heavy atom. The van der Waals surface area contributed by atoms with Crippen LogP contribution in [0.2, 0.25) is 0 Å². The van der Waals surface area contributed by atoms with Crippen molar-refractivity contribution in [2.45, 2.75) is 13.0 Å². The summed E-state index contributed by atoms with van der Waals surface area (Å²) in [4.78, 5) is 17.1. The van der Waals surface area contributed by atoms with Crippen LogP contribution in [-0.2, 0) is 13.0 Å². The van der Waals surface area contributed by atoms with Crippen LogP contribution in [0.5, 0.6) is 0 Å². The van der Waals surface area contributed by atoms with Crippen molar-refractivity contribution >= 4 is 16.5 Å². The zero-order valence-electron chi connectivity index (χ0n) is 16.7. The maximum atomic E-state index is 13.0. The summed E-state index contributed by atoms with van der Waals surface area (Å²) in [5, 5.41) is 3.91. The predicted molar refractivity (Wildman–Crippen MR) is 118 cm³/mol. The van der Waals surface area contributed by atoms with Crippen molar-refractivity contribution in [1.29, 1.82) is 0 Å². The van der Waals surface area contributed by atoms with Crippen LogP contribution in [0.3, 0.4) is 0 Å². The van der Waals surface area contributed by atoms with Crippen molar-refractivity contribution in [2.24, 2.45) is 0 Å². The van der Waals surface area contributed by atoms with Gasteiger partial charge in [0.2, 0.25) is 0 Å². The summed E-state index contributed by atoms with van der Waals surface area (Å²) in [7, 11) is 0. The molecule has 3 heterocycles. The first-order valence-electron chi connectivity index (χ1n) is 10.1. The normalized spacial score (nSPS) is 11.4. The minimum atomic E-state index is -0.226. The Morgan fingerprint density at radius 2 is 1.84 bits per heavy atom. The highest BCUT2D eigenvalue weighted by atomic mass is 19.1. The van der Waals surface area contributed by atoms with Gasteiger partial charge in [-0.1, -0.05) is 18.2 Å². The smallest absolute Gasteiger partial charge is 0.193 e. The molecule has 5 nitrogen and oxygen atoms in total. The Labute approximate surface area is 177 Å². The third-order valence-electron chi connectivity index (χ3n) is 5.29. The first-order chi connectivity index (χ1) is 15.2. The van der Waals surface area contributed by atoms with Gasteiger partial charge >= 0.3 is 0 Å². The second-order valence-electron chi connectivity index (χ2n) is 7.47. The van der Waals surface area contributed by atoms with Gasteiger partial charge in [0.25, 0.3) is 0 Å². The number of hydrogen-bond donors (Lipinski definition) is 1. The molecule has 0 aliphatic heterocycles. The fourth-order valence-electron chi connectivity index (χ4n) is 3.63. The van der Waals surface area contributed by atoms with Crippen LogP contribution in [0.25, 0.3) is 27.9 Å². The SMILES string of the molecule is O=c1cc(-c2cc3cccn3cn2)oc2ccc(CNCCc3ccc(F)cc3)cc12. The van der Waals surface area contributed by atoms with Gasteiger partial charge in [0.15, 0.2) is 11.2 Å². The number of benzene rings is 2. The average Bonchev–Trinajstić information content (AvgIpc) is 3.26. The van der Waals surface area contributed by atoms with E-state index in [1.54, 1.807) is 18.5 Å². The topological polar surface area (TPSA) is 59.5 Å². The van der Waals surface area contributed by atoms with Crippen molar-refractivity contribution in [3.63, 3.8) is 0 Å². The molecule has 0 aliphatic rings. The van der Waals surface area contributed by atoms with E-state index < -0.39 is 0 Å². The Kier molecular flexibility index (Phi) is 5.06. The van der Waals surface area contributed by atoms with E-state index >= 15 is 0 Å². The molecule has 6 heteroatoms. The first kappa shape index (κ1) is 19.2. The summed E-state index contributed by atoms with van der Waals surface area (Å²) < 4.78 is 20.9. The van der Waals surface area contributed by atoms with Gasteiger partial charge in [0.05, 0.1) is 11.7 Å². The molecule has 5 rings (SSSR count). The molecule has 0 aliphatic carbocycles. The lowest BCUT2D eigenvalue weighted by molar-refractivity contribution is 0.615. The first-order valence-corrected chi connectivity index (χ1v) is 10.1. The maximum absolute atomic E-state index is 13.0. The van der Waals surface area contributed by atoms with E-state index in [0.717, 1.165) is 29.6 Å². The van der Waals surface area contributed by atoms with Gasteiger partial charge in [0, 0.05) is 24.3 Å². The van der Waals surface area contributed by atoms with Crippen LogP contribution in [0.15, 0.2) is 88.5 Å². The van der Waals surface area contributed by atoms with Gasteiger partial charge in [-0.15, -0.1) is 0 Å². The molecule has 0 radical (unpaired) electrons. The van der Waals surface area contributed by atoms with E-state index in [9.17, 15) is 9.18 Å². The molecule has 0 atom stereocenters. The number of fused-ring (bicyclic) bond motifs is 2. The molecule has 0 spiro atoms. The maximum Gasteiger partial charge on any atom is 0.193 e. The molecule has 31 heavy (non-hydrogen) atoms. The minimum Gasteiger partial charge on any atom is -0.454 e. The quantitative estimate of drug-likeness (QED) is 0.414.